The summed E-state index contributed by atoms with van der Waals surface area (Å²) >= 11 is 4.13. The van der Waals surface area contributed by atoms with Crippen molar-refractivity contribution in [2.45, 2.75) is 63.7 Å². The molecule has 35 heavy (non-hydrogen) atoms. The lowest BCUT2D eigenvalue weighted by atomic mass is 10.0. The molecule has 0 radical (unpaired) electrons. The summed E-state index contributed by atoms with van der Waals surface area (Å²) in [5, 5.41) is 26.6. The van der Waals surface area contributed by atoms with E-state index in [1.54, 1.807) is 26.0 Å². The summed E-state index contributed by atoms with van der Waals surface area (Å²) in [7, 11) is 0. The molecule has 1 aromatic carbocycles. The molecule has 0 saturated carbocycles. The van der Waals surface area contributed by atoms with E-state index in [2.05, 4.69) is 28.6 Å². The molecule has 0 bridgehead atoms. The molecule has 0 saturated heterocycles. The van der Waals surface area contributed by atoms with Gasteiger partial charge in [-0.15, -0.1) is 0 Å². The van der Waals surface area contributed by atoms with Gasteiger partial charge in [-0.05, 0) is 49.4 Å². The lowest BCUT2D eigenvalue weighted by Crippen LogP contribution is -2.58. The fourth-order valence-electron chi connectivity index (χ4n) is 3.14. The van der Waals surface area contributed by atoms with Crippen molar-refractivity contribution >= 4 is 36.3 Å². The third kappa shape index (κ3) is 10.5. The van der Waals surface area contributed by atoms with Crippen molar-refractivity contribution in [2.75, 3.05) is 12.3 Å². The number of nitrogens with two attached hydrogens (primary N) is 2. The van der Waals surface area contributed by atoms with E-state index in [4.69, 9.17) is 11.5 Å². The number of aliphatic carboxylic acids is 1. The highest BCUT2D eigenvalue weighted by atomic mass is 32.1. The molecule has 4 atom stereocenters. The molecular weight excluding hydrogens is 474 g/mol. The Kier molecular flexibility index (Phi) is 13.1. The maximum absolute atomic E-state index is 13.0. The maximum Gasteiger partial charge on any atom is 0.326 e. The minimum absolute atomic E-state index is 0.0206. The SMILES string of the molecule is CC(C)C(N)C(=O)NC(CS)C(=O)NC(CCCCN)C(=O)NC(Cc1ccc(O)cc1)C(=O)O. The number of benzene rings is 1. The van der Waals surface area contributed by atoms with Gasteiger partial charge in [-0.2, -0.15) is 12.6 Å². The smallest absolute Gasteiger partial charge is 0.326 e. The van der Waals surface area contributed by atoms with Gasteiger partial charge in [0.1, 0.15) is 23.9 Å². The van der Waals surface area contributed by atoms with Gasteiger partial charge in [0, 0.05) is 12.2 Å². The third-order valence-corrected chi connectivity index (χ3v) is 5.77. The normalized spacial score (nSPS) is 14.5. The van der Waals surface area contributed by atoms with Crippen LogP contribution in [0.15, 0.2) is 24.3 Å². The van der Waals surface area contributed by atoms with E-state index in [1.807, 2.05) is 0 Å². The fraction of sp³-hybridized carbons (Fsp3) is 0.565. The van der Waals surface area contributed by atoms with E-state index in [0.29, 0.717) is 24.9 Å². The highest BCUT2D eigenvalue weighted by molar-refractivity contribution is 7.80. The van der Waals surface area contributed by atoms with Gasteiger partial charge >= 0.3 is 5.97 Å². The molecule has 12 heteroatoms. The largest absolute Gasteiger partial charge is 0.508 e. The summed E-state index contributed by atoms with van der Waals surface area (Å²) in [4.78, 5) is 49.9. The number of aromatic hydroxyl groups is 1. The van der Waals surface area contributed by atoms with E-state index in [9.17, 15) is 29.4 Å². The number of nitrogens with one attached hydrogen (secondary N) is 3. The van der Waals surface area contributed by atoms with E-state index in [1.165, 1.54) is 12.1 Å². The maximum atomic E-state index is 13.0. The first-order chi connectivity index (χ1) is 16.5. The molecule has 3 amide bonds. The van der Waals surface area contributed by atoms with E-state index < -0.39 is 47.9 Å². The number of thiol groups is 1. The molecule has 11 nitrogen and oxygen atoms in total. The Balaban J connectivity index is 2.93. The third-order valence-electron chi connectivity index (χ3n) is 5.41. The number of phenolic OH excluding ortho intramolecular Hbond substituents is 1. The van der Waals surface area contributed by atoms with Crippen LogP contribution >= 0.6 is 12.6 Å². The molecule has 0 heterocycles. The Labute approximate surface area is 210 Å². The number of carboxylic acids is 1. The second-order valence-corrected chi connectivity index (χ2v) is 8.99. The summed E-state index contributed by atoms with van der Waals surface area (Å²) in [6.07, 6.45) is 1.32. The number of phenols is 1. The molecule has 9 N–H and O–H groups in total. The van der Waals surface area contributed by atoms with Crippen LogP contribution in [0.3, 0.4) is 0 Å². The van der Waals surface area contributed by atoms with Gasteiger partial charge in [0.15, 0.2) is 0 Å². The summed E-state index contributed by atoms with van der Waals surface area (Å²) in [6, 6.07) is 1.79. The summed E-state index contributed by atoms with van der Waals surface area (Å²) in [5.41, 5.74) is 12.0. The van der Waals surface area contributed by atoms with Crippen LogP contribution in [-0.4, -0.2) is 70.4 Å². The van der Waals surface area contributed by atoms with Crippen molar-refractivity contribution in [1.29, 1.82) is 0 Å². The molecule has 1 aromatic rings. The van der Waals surface area contributed by atoms with Crippen LogP contribution in [0.5, 0.6) is 5.75 Å². The van der Waals surface area contributed by atoms with Gasteiger partial charge in [0.25, 0.3) is 0 Å². The average molecular weight is 512 g/mol. The van der Waals surface area contributed by atoms with Gasteiger partial charge < -0.3 is 37.6 Å². The fourth-order valence-corrected chi connectivity index (χ4v) is 3.40. The topological polar surface area (TPSA) is 197 Å². The van der Waals surface area contributed by atoms with E-state index >= 15 is 0 Å². The van der Waals surface area contributed by atoms with Crippen molar-refractivity contribution in [3.05, 3.63) is 29.8 Å². The zero-order chi connectivity index (χ0) is 26.5. The summed E-state index contributed by atoms with van der Waals surface area (Å²) in [5.74, 6) is -3.22. The second-order valence-electron chi connectivity index (χ2n) is 8.63. The molecule has 4 unspecified atom stereocenters. The van der Waals surface area contributed by atoms with Gasteiger partial charge in [0.05, 0.1) is 6.04 Å². The number of hydrogen-bond donors (Lipinski definition) is 8. The number of carboxylic acid groups (broad SMARTS) is 1. The number of carbonyl (C=O) groups is 4. The van der Waals surface area contributed by atoms with Crippen LogP contribution in [0.25, 0.3) is 0 Å². The Morgan fingerprint density at radius 2 is 1.46 bits per heavy atom. The predicted octanol–water partition coefficient (Wildman–Crippen LogP) is -0.484. The van der Waals surface area contributed by atoms with Crippen molar-refractivity contribution in [3.63, 3.8) is 0 Å². The van der Waals surface area contributed by atoms with Crippen molar-refractivity contribution in [3.8, 4) is 5.75 Å². The van der Waals surface area contributed by atoms with Gasteiger partial charge in [-0.25, -0.2) is 4.79 Å². The molecule has 1 rings (SSSR count). The van der Waals surface area contributed by atoms with E-state index in [0.717, 1.165) is 0 Å². The Bertz CT molecular complexity index is 851. The Morgan fingerprint density at radius 3 is 1.97 bits per heavy atom. The lowest BCUT2D eigenvalue weighted by Gasteiger charge is -2.25. The lowest BCUT2D eigenvalue weighted by molar-refractivity contribution is -0.142. The Morgan fingerprint density at radius 1 is 0.914 bits per heavy atom. The predicted molar refractivity (Wildman–Crippen MR) is 135 cm³/mol. The molecular formula is C23H37N5O6S. The van der Waals surface area contributed by atoms with Crippen molar-refractivity contribution in [1.82, 2.24) is 16.0 Å². The van der Waals surface area contributed by atoms with Gasteiger partial charge in [-0.3, -0.25) is 14.4 Å². The first-order valence-electron chi connectivity index (χ1n) is 11.5. The molecule has 0 aromatic heterocycles. The van der Waals surface area contributed by atoms with Crippen LogP contribution in [-0.2, 0) is 25.6 Å². The average Bonchev–Trinajstić information content (AvgIpc) is 2.81. The minimum Gasteiger partial charge on any atom is -0.508 e. The number of rotatable bonds is 15. The molecule has 0 aliphatic heterocycles. The molecule has 0 aliphatic carbocycles. The highest BCUT2D eigenvalue weighted by Gasteiger charge is 2.30. The highest BCUT2D eigenvalue weighted by Crippen LogP contribution is 2.12. The Hall–Kier alpha value is -2.83. The zero-order valence-corrected chi connectivity index (χ0v) is 21.0. The van der Waals surface area contributed by atoms with Crippen LogP contribution in [0.4, 0.5) is 0 Å². The number of hydrogen-bond acceptors (Lipinski definition) is 8. The monoisotopic (exact) mass is 511 g/mol. The van der Waals surface area contributed by atoms with Crippen molar-refractivity contribution in [2.24, 2.45) is 17.4 Å². The standard InChI is InChI=1S/C23H37N5O6S/c1-13(2)19(25)22(32)28-18(12-35)21(31)26-16(5-3-4-10-24)20(30)27-17(23(33)34)11-14-6-8-15(29)9-7-14/h6-9,13,16-19,29,35H,3-5,10-12,24-25H2,1-2H3,(H,26,31)(H,27,30)(H,28,32)(H,33,34). The number of amides is 3. The van der Waals surface area contributed by atoms with Crippen LogP contribution < -0.4 is 27.4 Å². The summed E-state index contributed by atoms with van der Waals surface area (Å²) < 4.78 is 0. The molecule has 0 fully saturated rings. The van der Waals surface area contributed by atoms with E-state index in [-0.39, 0.29) is 30.3 Å². The van der Waals surface area contributed by atoms with Crippen LogP contribution in [0.1, 0.15) is 38.7 Å². The van der Waals surface area contributed by atoms with Crippen LogP contribution in [0, 0.1) is 5.92 Å². The van der Waals surface area contributed by atoms with Gasteiger partial charge in [-0.1, -0.05) is 26.0 Å². The summed E-state index contributed by atoms with van der Waals surface area (Å²) in [6.45, 7) is 3.94. The first kappa shape index (κ1) is 30.2. The van der Waals surface area contributed by atoms with Crippen molar-refractivity contribution < 1.29 is 29.4 Å². The minimum atomic E-state index is -1.26. The van der Waals surface area contributed by atoms with Gasteiger partial charge in [0.2, 0.25) is 17.7 Å². The number of carbonyl (C=O) groups excluding carboxylic acids is 3. The molecule has 0 spiro atoms. The second kappa shape index (κ2) is 15.2. The van der Waals surface area contributed by atoms with Crippen LogP contribution in [0.2, 0.25) is 0 Å². The molecule has 196 valence electrons. The number of unbranched alkanes of at least 4 members (excludes halogenated alkanes) is 1. The quantitative estimate of drug-likeness (QED) is 0.114. The first-order valence-corrected chi connectivity index (χ1v) is 12.1. The molecule has 0 aliphatic rings. The zero-order valence-electron chi connectivity index (χ0n) is 20.1.